The minimum atomic E-state index is -0.0663. The van der Waals surface area contributed by atoms with E-state index in [4.69, 9.17) is 4.74 Å². The largest absolute Gasteiger partial charge is 0.468 e. The van der Waals surface area contributed by atoms with Crippen LogP contribution in [0.2, 0.25) is 0 Å². The van der Waals surface area contributed by atoms with Gasteiger partial charge in [0.2, 0.25) is 0 Å². The topological polar surface area (TPSA) is 38.3 Å². The highest BCUT2D eigenvalue weighted by Gasteiger charge is 2.33. The Morgan fingerprint density at radius 2 is 2.12 bits per heavy atom. The highest BCUT2D eigenvalue weighted by atomic mass is 16.5. The van der Waals surface area contributed by atoms with Gasteiger partial charge in [-0.2, -0.15) is 0 Å². The average Bonchev–Trinajstić information content (AvgIpc) is 3.13. The van der Waals surface area contributed by atoms with Crippen LogP contribution in [-0.2, 0) is 9.53 Å². The normalized spacial score (nSPS) is 30.9. The molecule has 2 aliphatic carbocycles. The number of carbonyl (C=O) groups is 1. The zero-order valence-electron chi connectivity index (χ0n) is 11.1. The molecule has 0 amide bonds. The van der Waals surface area contributed by atoms with Crippen LogP contribution in [0.3, 0.4) is 0 Å². The first kappa shape index (κ1) is 12.9. The maximum absolute atomic E-state index is 11.9. The zero-order chi connectivity index (χ0) is 12.3. The second-order valence-corrected chi connectivity index (χ2v) is 5.88. The number of carbonyl (C=O) groups excluding carboxylic acids is 1. The minimum absolute atomic E-state index is 0.0650. The fourth-order valence-electron chi connectivity index (χ4n) is 2.97. The Morgan fingerprint density at radius 3 is 2.71 bits per heavy atom. The summed E-state index contributed by atoms with van der Waals surface area (Å²) in [7, 11) is 1.50. The molecule has 3 nitrogen and oxygen atoms in total. The van der Waals surface area contributed by atoms with Crippen molar-refractivity contribution < 1.29 is 9.53 Å². The molecule has 2 fully saturated rings. The van der Waals surface area contributed by atoms with Crippen LogP contribution in [0.1, 0.15) is 45.4 Å². The first-order valence-corrected chi connectivity index (χ1v) is 7.02. The van der Waals surface area contributed by atoms with Gasteiger partial charge >= 0.3 is 5.97 Å². The Morgan fingerprint density at radius 1 is 1.35 bits per heavy atom. The molecule has 0 aromatic heterocycles. The van der Waals surface area contributed by atoms with Crippen molar-refractivity contribution in [3.63, 3.8) is 0 Å². The third-order valence-electron chi connectivity index (χ3n) is 4.23. The maximum Gasteiger partial charge on any atom is 0.323 e. The number of nitrogens with one attached hydrogen (secondary N) is 1. The Bertz CT molecular complexity index is 263. The van der Waals surface area contributed by atoms with E-state index in [9.17, 15) is 4.79 Å². The van der Waals surface area contributed by atoms with E-state index in [0.717, 1.165) is 24.8 Å². The Hall–Kier alpha value is -0.570. The molecule has 0 heterocycles. The lowest BCUT2D eigenvalue weighted by molar-refractivity contribution is -0.145. The van der Waals surface area contributed by atoms with Crippen molar-refractivity contribution in [1.29, 1.82) is 0 Å². The monoisotopic (exact) mass is 239 g/mol. The molecule has 2 rings (SSSR count). The number of methoxy groups -OCH3 is 1. The van der Waals surface area contributed by atoms with Crippen molar-refractivity contribution in [1.82, 2.24) is 5.32 Å². The van der Waals surface area contributed by atoms with Gasteiger partial charge in [-0.05, 0) is 50.0 Å². The number of rotatable bonds is 5. The number of hydrogen-bond acceptors (Lipinski definition) is 3. The quantitative estimate of drug-likeness (QED) is 0.748. The van der Waals surface area contributed by atoms with Crippen molar-refractivity contribution in [3.8, 4) is 0 Å². The van der Waals surface area contributed by atoms with Gasteiger partial charge in [0.1, 0.15) is 6.04 Å². The summed E-state index contributed by atoms with van der Waals surface area (Å²) in [5.74, 6) is 1.97. The van der Waals surface area contributed by atoms with Gasteiger partial charge in [0.05, 0.1) is 7.11 Å². The summed E-state index contributed by atoms with van der Waals surface area (Å²) >= 11 is 0. The lowest BCUT2D eigenvalue weighted by Gasteiger charge is -2.32. The summed E-state index contributed by atoms with van der Waals surface area (Å²) in [6.45, 7) is 3.28. The second kappa shape index (κ2) is 5.85. The van der Waals surface area contributed by atoms with Crippen LogP contribution in [0.5, 0.6) is 0 Å². The number of esters is 1. The van der Waals surface area contributed by atoms with Gasteiger partial charge in [-0.3, -0.25) is 4.79 Å². The highest BCUT2D eigenvalue weighted by molar-refractivity contribution is 5.76. The van der Waals surface area contributed by atoms with Crippen molar-refractivity contribution in [2.75, 3.05) is 13.7 Å². The molecule has 2 saturated carbocycles. The molecule has 0 aliphatic heterocycles. The van der Waals surface area contributed by atoms with E-state index in [1.807, 2.05) is 0 Å². The van der Waals surface area contributed by atoms with Crippen molar-refractivity contribution >= 4 is 5.97 Å². The Balaban J connectivity index is 1.89. The summed E-state index contributed by atoms with van der Waals surface area (Å²) in [6.07, 6.45) is 7.54. The van der Waals surface area contributed by atoms with E-state index in [1.165, 1.54) is 39.2 Å². The van der Waals surface area contributed by atoms with Crippen molar-refractivity contribution in [3.05, 3.63) is 0 Å². The molecule has 3 unspecified atom stereocenters. The van der Waals surface area contributed by atoms with Crippen molar-refractivity contribution in [2.45, 2.75) is 51.5 Å². The molecule has 0 radical (unpaired) electrons. The van der Waals surface area contributed by atoms with E-state index in [1.54, 1.807) is 0 Å². The third kappa shape index (κ3) is 3.70. The smallest absolute Gasteiger partial charge is 0.323 e. The van der Waals surface area contributed by atoms with Crippen LogP contribution in [0.15, 0.2) is 0 Å². The van der Waals surface area contributed by atoms with Crippen LogP contribution in [-0.4, -0.2) is 25.7 Å². The van der Waals surface area contributed by atoms with E-state index in [0.29, 0.717) is 5.92 Å². The molecule has 3 heteroatoms. The molecule has 0 aromatic carbocycles. The molecule has 3 atom stereocenters. The molecule has 0 aromatic rings. The predicted octanol–water partition coefficient (Wildman–Crippen LogP) is 2.35. The molecular formula is C14H25NO2. The summed E-state index contributed by atoms with van der Waals surface area (Å²) in [5, 5.41) is 3.45. The first-order valence-electron chi connectivity index (χ1n) is 7.02. The average molecular weight is 239 g/mol. The van der Waals surface area contributed by atoms with Gasteiger partial charge in [-0.1, -0.05) is 19.8 Å². The molecule has 17 heavy (non-hydrogen) atoms. The van der Waals surface area contributed by atoms with E-state index < -0.39 is 0 Å². The standard InChI is InChI=1S/C14H25NO2/c1-10-4-3-5-12(8-10)13(14(16)17-2)15-9-11-6-7-11/h10-13,15H,3-9H2,1-2H3. The zero-order valence-corrected chi connectivity index (χ0v) is 11.1. The molecule has 0 saturated heterocycles. The van der Waals surface area contributed by atoms with Gasteiger partial charge in [-0.25, -0.2) is 0 Å². The van der Waals surface area contributed by atoms with E-state index in [2.05, 4.69) is 12.2 Å². The van der Waals surface area contributed by atoms with Gasteiger partial charge in [0.15, 0.2) is 0 Å². The first-order chi connectivity index (χ1) is 8.20. The van der Waals surface area contributed by atoms with Gasteiger partial charge in [-0.15, -0.1) is 0 Å². The molecular weight excluding hydrogens is 214 g/mol. The van der Waals surface area contributed by atoms with Crippen LogP contribution in [0.4, 0.5) is 0 Å². The molecule has 2 aliphatic rings. The van der Waals surface area contributed by atoms with Crippen molar-refractivity contribution in [2.24, 2.45) is 17.8 Å². The fourth-order valence-corrected chi connectivity index (χ4v) is 2.97. The second-order valence-electron chi connectivity index (χ2n) is 5.88. The van der Waals surface area contributed by atoms with Gasteiger partial charge in [0, 0.05) is 0 Å². The van der Waals surface area contributed by atoms with Crippen LogP contribution >= 0.6 is 0 Å². The molecule has 1 N–H and O–H groups in total. The van der Waals surface area contributed by atoms with Gasteiger partial charge < -0.3 is 10.1 Å². The minimum Gasteiger partial charge on any atom is -0.468 e. The number of hydrogen-bond donors (Lipinski definition) is 1. The summed E-state index contributed by atoms with van der Waals surface area (Å²) < 4.78 is 4.95. The number of ether oxygens (including phenoxy) is 1. The van der Waals surface area contributed by atoms with E-state index >= 15 is 0 Å². The predicted molar refractivity (Wildman–Crippen MR) is 67.7 cm³/mol. The summed E-state index contributed by atoms with van der Waals surface area (Å²) in [4.78, 5) is 11.9. The third-order valence-corrected chi connectivity index (χ3v) is 4.23. The molecule has 0 spiro atoms. The fraction of sp³-hybridized carbons (Fsp3) is 0.929. The lowest BCUT2D eigenvalue weighted by atomic mass is 9.78. The maximum atomic E-state index is 11.9. The lowest BCUT2D eigenvalue weighted by Crippen LogP contribution is -2.45. The van der Waals surface area contributed by atoms with Crippen LogP contribution in [0, 0.1) is 17.8 Å². The Kier molecular flexibility index (Phi) is 4.43. The SMILES string of the molecule is COC(=O)C(NCC1CC1)C1CCCC(C)C1. The summed E-state index contributed by atoms with van der Waals surface area (Å²) in [6, 6.07) is -0.0663. The highest BCUT2D eigenvalue weighted by Crippen LogP contribution is 2.32. The molecule has 0 bridgehead atoms. The van der Waals surface area contributed by atoms with Crippen LogP contribution < -0.4 is 5.32 Å². The molecule has 98 valence electrons. The summed E-state index contributed by atoms with van der Waals surface area (Å²) in [5.41, 5.74) is 0. The van der Waals surface area contributed by atoms with Crippen LogP contribution in [0.25, 0.3) is 0 Å². The van der Waals surface area contributed by atoms with E-state index in [-0.39, 0.29) is 12.0 Å². The Labute approximate surface area is 104 Å². The van der Waals surface area contributed by atoms with Gasteiger partial charge in [0.25, 0.3) is 0 Å².